The normalized spacial score (nSPS) is 15.1. The molecule has 30 heavy (non-hydrogen) atoms. The number of ether oxygens (including phenoxy) is 1. The summed E-state index contributed by atoms with van der Waals surface area (Å²) in [6.45, 7) is 3.15. The number of carbonyl (C=O) groups is 1. The van der Waals surface area contributed by atoms with Gasteiger partial charge < -0.3 is 10.1 Å². The number of carbonyl (C=O) groups excluding carboxylic acids is 1. The number of sulfonamides is 1. The van der Waals surface area contributed by atoms with Gasteiger partial charge in [0.2, 0.25) is 21.1 Å². The Morgan fingerprint density at radius 3 is 2.70 bits per heavy atom. The molecule has 0 bridgehead atoms. The van der Waals surface area contributed by atoms with E-state index < -0.39 is 10.0 Å². The van der Waals surface area contributed by atoms with Crippen LogP contribution in [0.15, 0.2) is 28.3 Å². The van der Waals surface area contributed by atoms with Crippen molar-refractivity contribution in [1.29, 1.82) is 0 Å². The van der Waals surface area contributed by atoms with Gasteiger partial charge in [-0.2, -0.15) is 4.31 Å². The van der Waals surface area contributed by atoms with E-state index in [9.17, 15) is 13.2 Å². The number of piperidine rings is 1. The van der Waals surface area contributed by atoms with Gasteiger partial charge in [0.1, 0.15) is 10.6 Å². The van der Waals surface area contributed by atoms with Gasteiger partial charge in [0.15, 0.2) is 0 Å². The SMILES string of the molecule is CCOc1ccc(NC(=O)CCSc2nnnn2C)cc1S(=O)(=O)N1CCCCC1. The molecule has 0 saturated carbocycles. The van der Waals surface area contributed by atoms with Gasteiger partial charge in [0.05, 0.1) is 6.61 Å². The largest absolute Gasteiger partial charge is 0.492 e. The highest BCUT2D eigenvalue weighted by atomic mass is 32.2. The number of anilines is 1. The number of hydrogen-bond acceptors (Lipinski definition) is 8. The minimum absolute atomic E-state index is 0.0867. The van der Waals surface area contributed by atoms with Gasteiger partial charge in [-0.15, -0.1) is 5.10 Å². The molecule has 0 unspecified atom stereocenters. The number of amides is 1. The minimum atomic E-state index is -3.70. The molecule has 0 atom stereocenters. The van der Waals surface area contributed by atoms with Gasteiger partial charge in [-0.3, -0.25) is 4.79 Å². The molecular weight excluding hydrogens is 428 g/mol. The number of thioether (sulfide) groups is 1. The molecule has 2 aromatic rings. The van der Waals surface area contributed by atoms with E-state index in [0.717, 1.165) is 19.3 Å². The molecule has 0 aliphatic carbocycles. The first-order valence-electron chi connectivity index (χ1n) is 9.84. The number of benzene rings is 1. The molecular formula is C18H26N6O4S2. The van der Waals surface area contributed by atoms with Crippen molar-refractivity contribution < 1.29 is 17.9 Å². The summed E-state index contributed by atoms with van der Waals surface area (Å²) in [7, 11) is -1.97. The highest BCUT2D eigenvalue weighted by molar-refractivity contribution is 7.99. The van der Waals surface area contributed by atoms with Crippen LogP contribution in [0.3, 0.4) is 0 Å². The maximum absolute atomic E-state index is 13.2. The highest BCUT2D eigenvalue weighted by Gasteiger charge is 2.29. The van der Waals surface area contributed by atoms with Crippen LogP contribution in [0.2, 0.25) is 0 Å². The van der Waals surface area contributed by atoms with E-state index in [2.05, 4.69) is 20.8 Å². The fraction of sp³-hybridized carbons (Fsp3) is 0.556. The zero-order valence-electron chi connectivity index (χ0n) is 17.1. The Morgan fingerprint density at radius 2 is 2.03 bits per heavy atom. The Bertz CT molecular complexity index is 973. The zero-order chi connectivity index (χ0) is 21.6. The zero-order valence-corrected chi connectivity index (χ0v) is 18.7. The van der Waals surface area contributed by atoms with Gasteiger partial charge >= 0.3 is 0 Å². The van der Waals surface area contributed by atoms with Crippen LogP contribution < -0.4 is 10.1 Å². The third-order valence-electron chi connectivity index (χ3n) is 4.60. The first-order chi connectivity index (χ1) is 14.4. The lowest BCUT2D eigenvalue weighted by Crippen LogP contribution is -2.35. The molecule has 2 heterocycles. The maximum atomic E-state index is 13.2. The van der Waals surface area contributed by atoms with Gasteiger partial charge in [-0.05, 0) is 48.4 Å². The van der Waals surface area contributed by atoms with E-state index in [0.29, 0.717) is 42.0 Å². The summed E-state index contributed by atoms with van der Waals surface area (Å²) >= 11 is 1.37. The van der Waals surface area contributed by atoms with E-state index in [1.807, 2.05) is 0 Å². The summed E-state index contributed by atoms with van der Waals surface area (Å²) in [5.74, 6) is 0.574. The fourth-order valence-electron chi connectivity index (χ4n) is 3.11. The van der Waals surface area contributed by atoms with Gasteiger partial charge in [-0.25, -0.2) is 13.1 Å². The minimum Gasteiger partial charge on any atom is -0.492 e. The van der Waals surface area contributed by atoms with Crippen LogP contribution in [-0.4, -0.2) is 64.3 Å². The molecule has 1 aromatic heterocycles. The fourth-order valence-corrected chi connectivity index (χ4v) is 5.57. The van der Waals surface area contributed by atoms with Crippen LogP contribution in [-0.2, 0) is 21.9 Å². The molecule has 0 spiro atoms. The predicted molar refractivity (Wildman–Crippen MR) is 113 cm³/mol. The standard InChI is InChI=1S/C18H26N6O4S2/c1-3-28-15-8-7-14(13-16(15)30(26,27)24-10-5-4-6-11-24)19-17(25)9-12-29-18-20-21-22-23(18)2/h7-8,13H,3-6,9-12H2,1-2H3,(H,19,25). The van der Waals surface area contributed by atoms with Crippen LogP contribution in [0.1, 0.15) is 32.6 Å². The third kappa shape index (κ3) is 5.49. The van der Waals surface area contributed by atoms with Crippen molar-refractivity contribution in [3.63, 3.8) is 0 Å². The molecule has 1 aliphatic rings. The van der Waals surface area contributed by atoms with Crippen molar-refractivity contribution in [3.8, 4) is 5.75 Å². The molecule has 3 rings (SSSR count). The van der Waals surface area contributed by atoms with Gasteiger partial charge in [0.25, 0.3) is 0 Å². The van der Waals surface area contributed by atoms with Crippen molar-refractivity contribution in [2.45, 2.75) is 42.7 Å². The van der Waals surface area contributed by atoms with Gasteiger partial charge in [0, 0.05) is 38.0 Å². The molecule has 1 saturated heterocycles. The number of hydrogen-bond donors (Lipinski definition) is 1. The van der Waals surface area contributed by atoms with Crippen molar-refractivity contribution in [3.05, 3.63) is 18.2 Å². The molecule has 0 radical (unpaired) electrons. The smallest absolute Gasteiger partial charge is 0.246 e. The van der Waals surface area contributed by atoms with Crippen molar-refractivity contribution in [1.82, 2.24) is 24.5 Å². The molecule has 1 fully saturated rings. The third-order valence-corrected chi connectivity index (χ3v) is 7.53. The van der Waals surface area contributed by atoms with Crippen molar-refractivity contribution in [2.24, 2.45) is 7.05 Å². The summed E-state index contributed by atoms with van der Waals surface area (Å²) in [5, 5.41) is 14.5. The number of tetrazole rings is 1. The van der Waals surface area contributed by atoms with Crippen molar-refractivity contribution in [2.75, 3.05) is 30.8 Å². The van der Waals surface area contributed by atoms with E-state index in [4.69, 9.17) is 4.74 Å². The lowest BCUT2D eigenvalue weighted by molar-refractivity contribution is -0.115. The second-order valence-corrected chi connectivity index (χ2v) is 9.76. The average molecular weight is 455 g/mol. The maximum Gasteiger partial charge on any atom is 0.246 e. The Hall–Kier alpha value is -2.18. The quantitative estimate of drug-likeness (QED) is 0.571. The topological polar surface area (TPSA) is 119 Å². The van der Waals surface area contributed by atoms with Crippen molar-refractivity contribution >= 4 is 33.4 Å². The lowest BCUT2D eigenvalue weighted by atomic mass is 10.2. The number of aromatic nitrogens is 4. The predicted octanol–water partition coefficient (Wildman–Crippen LogP) is 1.90. The molecule has 1 N–H and O–H groups in total. The number of aryl methyl sites for hydroxylation is 1. The molecule has 1 aliphatic heterocycles. The lowest BCUT2D eigenvalue weighted by Gasteiger charge is -2.27. The summed E-state index contributed by atoms with van der Waals surface area (Å²) in [6.07, 6.45) is 2.96. The Balaban J connectivity index is 1.70. The van der Waals surface area contributed by atoms with Crippen LogP contribution in [0, 0.1) is 0 Å². The summed E-state index contributed by atoms with van der Waals surface area (Å²) in [6, 6.07) is 4.72. The van der Waals surface area contributed by atoms with Crippen LogP contribution in [0.5, 0.6) is 5.75 Å². The first kappa shape index (κ1) is 22.5. The van der Waals surface area contributed by atoms with Crippen LogP contribution in [0.4, 0.5) is 5.69 Å². The number of nitrogens with one attached hydrogen (secondary N) is 1. The Labute approximate surface area is 180 Å². The molecule has 164 valence electrons. The number of rotatable bonds is 9. The Morgan fingerprint density at radius 1 is 1.27 bits per heavy atom. The van der Waals surface area contributed by atoms with Crippen LogP contribution in [0.25, 0.3) is 0 Å². The molecule has 1 aromatic carbocycles. The number of nitrogens with zero attached hydrogens (tertiary/aromatic N) is 5. The first-order valence-corrected chi connectivity index (χ1v) is 12.3. The van der Waals surface area contributed by atoms with E-state index in [1.54, 1.807) is 26.1 Å². The summed E-state index contributed by atoms with van der Waals surface area (Å²) in [5.41, 5.74) is 0.421. The molecule has 10 nitrogen and oxygen atoms in total. The van der Waals surface area contributed by atoms with Crippen LogP contribution >= 0.6 is 11.8 Å². The Kier molecular flexibility index (Phi) is 7.67. The van der Waals surface area contributed by atoms with Gasteiger partial charge in [-0.1, -0.05) is 18.2 Å². The second-order valence-electron chi connectivity index (χ2n) is 6.79. The van der Waals surface area contributed by atoms with E-state index >= 15 is 0 Å². The molecule has 12 heteroatoms. The van der Waals surface area contributed by atoms with E-state index in [1.165, 1.54) is 26.8 Å². The summed E-state index contributed by atoms with van der Waals surface area (Å²) < 4.78 is 34.9. The average Bonchev–Trinajstić information content (AvgIpc) is 3.14. The monoisotopic (exact) mass is 454 g/mol. The summed E-state index contributed by atoms with van der Waals surface area (Å²) in [4.78, 5) is 12.4. The molecule has 1 amide bonds. The highest BCUT2D eigenvalue weighted by Crippen LogP contribution is 2.31. The van der Waals surface area contributed by atoms with E-state index in [-0.39, 0.29) is 17.2 Å². The second kappa shape index (κ2) is 10.2.